The SMILES string of the molecule is CC(=O)NCCCc1ccc(C(=O)COC(=O)c2ccc(OCc3cscn3)cc2)cc1. The van der Waals surface area contributed by atoms with Gasteiger partial charge in [-0.15, -0.1) is 11.3 Å². The molecule has 3 rings (SSSR count). The number of thiazole rings is 1. The van der Waals surface area contributed by atoms with Crippen molar-refractivity contribution in [3.63, 3.8) is 0 Å². The number of nitrogens with zero attached hydrogens (tertiary/aromatic N) is 1. The highest BCUT2D eigenvalue weighted by Crippen LogP contribution is 2.15. The summed E-state index contributed by atoms with van der Waals surface area (Å²) >= 11 is 1.50. The Labute approximate surface area is 190 Å². The Balaban J connectivity index is 1.42. The van der Waals surface area contributed by atoms with E-state index in [1.165, 1.54) is 18.3 Å². The number of hydrogen-bond donors (Lipinski definition) is 1. The lowest BCUT2D eigenvalue weighted by Crippen LogP contribution is -2.21. The molecule has 0 radical (unpaired) electrons. The smallest absolute Gasteiger partial charge is 0.338 e. The van der Waals surface area contributed by atoms with E-state index in [-0.39, 0.29) is 18.3 Å². The number of nitrogens with one attached hydrogen (secondary N) is 1. The van der Waals surface area contributed by atoms with Crippen molar-refractivity contribution in [1.82, 2.24) is 10.3 Å². The number of amides is 1. The monoisotopic (exact) mass is 452 g/mol. The molecule has 0 aliphatic heterocycles. The van der Waals surface area contributed by atoms with Gasteiger partial charge in [-0.05, 0) is 42.7 Å². The van der Waals surface area contributed by atoms with Crippen LogP contribution in [0.3, 0.4) is 0 Å². The Morgan fingerprint density at radius 1 is 1.00 bits per heavy atom. The van der Waals surface area contributed by atoms with Crippen molar-refractivity contribution in [2.75, 3.05) is 13.2 Å². The standard InChI is InChI=1S/C24H24N2O5S/c1-17(27)25-12-2-3-18-4-6-19(7-5-18)23(28)14-31-24(29)20-8-10-22(11-9-20)30-13-21-15-32-16-26-21/h4-11,15-16H,2-3,12-14H2,1H3,(H,25,27). The average Bonchev–Trinajstić information content (AvgIpc) is 3.33. The zero-order valence-electron chi connectivity index (χ0n) is 17.7. The van der Waals surface area contributed by atoms with Gasteiger partial charge >= 0.3 is 5.97 Å². The molecule has 0 unspecified atom stereocenters. The van der Waals surface area contributed by atoms with Crippen molar-refractivity contribution in [3.8, 4) is 5.75 Å². The summed E-state index contributed by atoms with van der Waals surface area (Å²) in [7, 11) is 0. The molecule has 0 saturated heterocycles. The molecule has 8 heteroatoms. The van der Waals surface area contributed by atoms with Crippen LogP contribution < -0.4 is 10.1 Å². The van der Waals surface area contributed by atoms with E-state index in [0.717, 1.165) is 24.1 Å². The molecule has 0 aliphatic carbocycles. The lowest BCUT2D eigenvalue weighted by atomic mass is 10.1. The fourth-order valence-corrected chi connectivity index (χ4v) is 3.41. The molecule has 0 atom stereocenters. The summed E-state index contributed by atoms with van der Waals surface area (Å²) in [4.78, 5) is 39.6. The van der Waals surface area contributed by atoms with Crippen LogP contribution in [0.4, 0.5) is 0 Å². The largest absolute Gasteiger partial charge is 0.487 e. The summed E-state index contributed by atoms with van der Waals surface area (Å²) in [6.07, 6.45) is 1.62. The molecule has 0 fully saturated rings. The first-order chi connectivity index (χ1) is 15.5. The summed E-state index contributed by atoms with van der Waals surface area (Å²) < 4.78 is 10.8. The molecular weight excluding hydrogens is 428 g/mol. The van der Waals surface area contributed by atoms with Crippen LogP contribution in [-0.2, 0) is 22.6 Å². The van der Waals surface area contributed by atoms with Crippen LogP contribution in [0.2, 0.25) is 0 Å². The van der Waals surface area contributed by atoms with Crippen molar-refractivity contribution in [3.05, 3.63) is 81.8 Å². The fourth-order valence-electron chi connectivity index (χ4n) is 2.87. The van der Waals surface area contributed by atoms with Gasteiger partial charge in [0.15, 0.2) is 12.4 Å². The molecule has 0 spiro atoms. The number of aromatic nitrogens is 1. The Hall–Kier alpha value is -3.52. The number of hydrogen-bond acceptors (Lipinski definition) is 7. The van der Waals surface area contributed by atoms with E-state index < -0.39 is 5.97 Å². The number of ether oxygens (including phenoxy) is 2. The maximum absolute atomic E-state index is 12.3. The molecule has 0 bridgehead atoms. The van der Waals surface area contributed by atoms with E-state index in [9.17, 15) is 14.4 Å². The van der Waals surface area contributed by atoms with Crippen LogP contribution in [0.25, 0.3) is 0 Å². The van der Waals surface area contributed by atoms with Gasteiger partial charge in [0.05, 0.1) is 16.8 Å². The predicted octanol–water partition coefficient (Wildman–Crippen LogP) is 3.83. The minimum atomic E-state index is -0.570. The van der Waals surface area contributed by atoms with E-state index >= 15 is 0 Å². The van der Waals surface area contributed by atoms with Crippen LogP contribution in [0.5, 0.6) is 5.75 Å². The number of esters is 1. The van der Waals surface area contributed by atoms with Gasteiger partial charge in [-0.25, -0.2) is 9.78 Å². The summed E-state index contributed by atoms with van der Waals surface area (Å²) in [5.41, 5.74) is 4.47. The molecule has 7 nitrogen and oxygen atoms in total. The van der Waals surface area contributed by atoms with Crippen LogP contribution in [0.1, 0.15) is 45.3 Å². The third-order valence-corrected chi connectivity index (χ3v) is 5.22. The summed E-state index contributed by atoms with van der Waals surface area (Å²) in [6.45, 7) is 2.13. The molecule has 32 heavy (non-hydrogen) atoms. The molecule has 3 aromatic rings. The summed E-state index contributed by atoms with van der Waals surface area (Å²) in [5, 5.41) is 4.66. The zero-order chi connectivity index (χ0) is 22.8. The Bertz CT molecular complexity index is 1030. The van der Waals surface area contributed by atoms with Gasteiger partial charge in [0, 0.05) is 24.4 Å². The average molecular weight is 453 g/mol. The Morgan fingerprint density at radius 3 is 2.38 bits per heavy atom. The lowest BCUT2D eigenvalue weighted by molar-refractivity contribution is -0.118. The second-order valence-corrected chi connectivity index (χ2v) is 7.79. The van der Waals surface area contributed by atoms with Crippen molar-refractivity contribution < 1.29 is 23.9 Å². The van der Waals surface area contributed by atoms with Crippen LogP contribution >= 0.6 is 11.3 Å². The molecule has 0 aliphatic rings. The topological polar surface area (TPSA) is 94.6 Å². The Kier molecular flexibility index (Phi) is 8.51. The molecular formula is C24H24N2O5S. The van der Waals surface area contributed by atoms with Crippen LogP contribution in [0.15, 0.2) is 59.4 Å². The molecule has 1 heterocycles. The zero-order valence-corrected chi connectivity index (χ0v) is 18.5. The number of ketones is 1. The number of carbonyl (C=O) groups is 3. The molecule has 2 aromatic carbocycles. The van der Waals surface area contributed by atoms with Gasteiger partial charge < -0.3 is 14.8 Å². The highest BCUT2D eigenvalue weighted by Gasteiger charge is 2.12. The molecule has 0 saturated carbocycles. The van der Waals surface area contributed by atoms with Crippen LogP contribution in [-0.4, -0.2) is 35.8 Å². The van der Waals surface area contributed by atoms with Gasteiger partial charge in [0.1, 0.15) is 12.4 Å². The fraction of sp³-hybridized carbons (Fsp3) is 0.250. The molecule has 166 valence electrons. The molecule has 1 amide bonds. The highest BCUT2D eigenvalue weighted by atomic mass is 32.1. The number of benzene rings is 2. The van der Waals surface area contributed by atoms with E-state index in [1.807, 2.05) is 17.5 Å². The molecule has 1 N–H and O–H groups in total. The van der Waals surface area contributed by atoms with Crippen molar-refractivity contribution in [1.29, 1.82) is 0 Å². The number of aryl methyl sites for hydroxylation is 1. The van der Waals surface area contributed by atoms with Gasteiger partial charge in [0.25, 0.3) is 0 Å². The first-order valence-corrected chi connectivity index (χ1v) is 11.1. The van der Waals surface area contributed by atoms with Gasteiger partial charge in [-0.2, -0.15) is 0 Å². The van der Waals surface area contributed by atoms with Gasteiger partial charge in [-0.3, -0.25) is 9.59 Å². The quantitative estimate of drug-likeness (QED) is 0.270. The number of carbonyl (C=O) groups excluding carboxylic acids is 3. The number of rotatable bonds is 11. The van der Waals surface area contributed by atoms with Gasteiger partial charge in [-0.1, -0.05) is 24.3 Å². The van der Waals surface area contributed by atoms with E-state index in [2.05, 4.69) is 10.3 Å². The lowest BCUT2D eigenvalue weighted by Gasteiger charge is -2.07. The maximum atomic E-state index is 12.3. The van der Waals surface area contributed by atoms with Crippen molar-refractivity contribution >= 4 is 29.0 Å². The second-order valence-electron chi connectivity index (χ2n) is 7.08. The maximum Gasteiger partial charge on any atom is 0.338 e. The van der Waals surface area contributed by atoms with E-state index in [1.54, 1.807) is 41.9 Å². The summed E-state index contributed by atoms with van der Waals surface area (Å²) in [6, 6.07) is 13.7. The predicted molar refractivity (Wildman–Crippen MR) is 121 cm³/mol. The Morgan fingerprint density at radius 2 is 1.72 bits per heavy atom. The van der Waals surface area contributed by atoms with Crippen LogP contribution in [0, 0.1) is 0 Å². The minimum Gasteiger partial charge on any atom is -0.487 e. The second kappa shape index (κ2) is 11.8. The van der Waals surface area contributed by atoms with Crippen molar-refractivity contribution in [2.45, 2.75) is 26.4 Å². The minimum absolute atomic E-state index is 0.0450. The first kappa shape index (κ1) is 23.1. The number of Topliss-reactive ketones (excluding diaryl/α,β-unsaturated/α-hetero) is 1. The van der Waals surface area contributed by atoms with Crippen molar-refractivity contribution in [2.24, 2.45) is 0 Å². The van der Waals surface area contributed by atoms with E-state index in [4.69, 9.17) is 9.47 Å². The molecule has 1 aromatic heterocycles. The van der Waals surface area contributed by atoms with E-state index in [0.29, 0.717) is 30.0 Å². The third kappa shape index (κ3) is 7.31. The third-order valence-electron chi connectivity index (χ3n) is 4.59. The van der Waals surface area contributed by atoms with Gasteiger partial charge in [0.2, 0.25) is 5.91 Å². The highest BCUT2D eigenvalue weighted by molar-refractivity contribution is 7.07. The normalized spacial score (nSPS) is 10.4. The summed E-state index contributed by atoms with van der Waals surface area (Å²) in [5.74, 6) is -0.274. The first-order valence-electron chi connectivity index (χ1n) is 10.1.